The van der Waals surface area contributed by atoms with E-state index in [0.717, 1.165) is 6.07 Å². The van der Waals surface area contributed by atoms with E-state index in [1.165, 1.54) is 24.1 Å². The van der Waals surface area contributed by atoms with E-state index in [0.29, 0.717) is 26.1 Å². The number of rotatable bonds is 3. The second-order valence-electron chi connectivity index (χ2n) is 5.13. The zero-order valence-electron chi connectivity index (χ0n) is 11.3. The number of aliphatic hydroxyl groups is 1. The van der Waals surface area contributed by atoms with Gasteiger partial charge in [0.1, 0.15) is 17.1 Å². The van der Waals surface area contributed by atoms with Gasteiger partial charge in [-0.05, 0) is 12.1 Å². The molecule has 0 saturated carbocycles. The van der Waals surface area contributed by atoms with Crippen LogP contribution < -0.4 is 0 Å². The lowest BCUT2D eigenvalue weighted by Crippen LogP contribution is -2.47. The molecular formula is C14H18FNO4. The molecule has 2 rings (SSSR count). The van der Waals surface area contributed by atoms with Crippen LogP contribution in [0.5, 0.6) is 5.75 Å². The number of hydrogen-bond acceptors (Lipinski definition) is 4. The highest BCUT2D eigenvalue weighted by Crippen LogP contribution is 2.25. The van der Waals surface area contributed by atoms with Crippen molar-refractivity contribution in [2.75, 3.05) is 26.8 Å². The van der Waals surface area contributed by atoms with E-state index in [1.807, 2.05) is 0 Å². The molecule has 6 heteroatoms. The molecule has 1 saturated heterocycles. The van der Waals surface area contributed by atoms with Crippen LogP contribution in [0.2, 0.25) is 0 Å². The Bertz CT molecular complexity index is 480. The summed E-state index contributed by atoms with van der Waals surface area (Å²) < 4.78 is 18.8. The lowest BCUT2D eigenvalue weighted by Gasteiger charge is -2.35. The Morgan fingerprint density at radius 1 is 1.45 bits per heavy atom. The molecule has 1 aromatic carbocycles. The molecule has 1 fully saturated rings. The number of amides is 1. The van der Waals surface area contributed by atoms with Crippen LogP contribution in [0.25, 0.3) is 0 Å². The quantitative estimate of drug-likeness (QED) is 0.873. The third-order valence-corrected chi connectivity index (χ3v) is 3.51. The van der Waals surface area contributed by atoms with Crippen LogP contribution in [0.4, 0.5) is 4.39 Å². The monoisotopic (exact) mass is 283 g/mol. The number of phenols is 1. The molecule has 0 aliphatic carbocycles. The summed E-state index contributed by atoms with van der Waals surface area (Å²) in [6.07, 6.45) is 0.849. The number of hydrogen-bond donors (Lipinski definition) is 2. The van der Waals surface area contributed by atoms with Crippen LogP contribution in [0.3, 0.4) is 0 Å². The SMILES string of the molecule is CN(CC1(O)CCOCC1)C(=O)c1c(O)cccc1F. The highest BCUT2D eigenvalue weighted by atomic mass is 19.1. The van der Waals surface area contributed by atoms with E-state index in [4.69, 9.17) is 4.74 Å². The second kappa shape index (κ2) is 5.76. The summed E-state index contributed by atoms with van der Waals surface area (Å²) in [7, 11) is 1.47. The summed E-state index contributed by atoms with van der Waals surface area (Å²) >= 11 is 0. The Balaban J connectivity index is 2.12. The van der Waals surface area contributed by atoms with Gasteiger partial charge in [0.15, 0.2) is 0 Å². The first-order chi connectivity index (χ1) is 9.43. The number of phenolic OH excluding ortho intramolecular Hbond substituents is 1. The number of carbonyl (C=O) groups is 1. The average molecular weight is 283 g/mol. The van der Waals surface area contributed by atoms with Gasteiger partial charge < -0.3 is 19.8 Å². The van der Waals surface area contributed by atoms with Gasteiger partial charge in [-0.15, -0.1) is 0 Å². The van der Waals surface area contributed by atoms with Gasteiger partial charge in [-0.2, -0.15) is 0 Å². The first-order valence-electron chi connectivity index (χ1n) is 6.46. The zero-order valence-corrected chi connectivity index (χ0v) is 11.3. The van der Waals surface area contributed by atoms with Crippen molar-refractivity contribution < 1.29 is 24.1 Å². The Morgan fingerprint density at radius 3 is 2.70 bits per heavy atom. The summed E-state index contributed by atoms with van der Waals surface area (Å²) in [4.78, 5) is 13.4. The summed E-state index contributed by atoms with van der Waals surface area (Å²) in [6, 6.07) is 3.70. The van der Waals surface area contributed by atoms with Crippen molar-refractivity contribution >= 4 is 5.91 Å². The molecule has 1 amide bonds. The second-order valence-corrected chi connectivity index (χ2v) is 5.13. The van der Waals surface area contributed by atoms with Gasteiger partial charge in [-0.3, -0.25) is 4.79 Å². The third kappa shape index (κ3) is 3.08. The minimum absolute atomic E-state index is 0.0724. The van der Waals surface area contributed by atoms with Gasteiger partial charge in [-0.1, -0.05) is 6.07 Å². The first kappa shape index (κ1) is 14.7. The molecule has 2 N–H and O–H groups in total. The molecule has 0 bridgehead atoms. The standard InChI is InChI=1S/C14H18FNO4/c1-16(9-14(19)5-7-20-8-6-14)13(18)12-10(15)3-2-4-11(12)17/h2-4,17,19H,5-9H2,1H3. The van der Waals surface area contributed by atoms with Crippen LogP contribution in [0.1, 0.15) is 23.2 Å². The van der Waals surface area contributed by atoms with Crippen molar-refractivity contribution in [2.45, 2.75) is 18.4 Å². The lowest BCUT2D eigenvalue weighted by atomic mass is 9.93. The van der Waals surface area contributed by atoms with Crippen LogP contribution >= 0.6 is 0 Å². The predicted octanol–water partition coefficient (Wildman–Crippen LogP) is 1.14. The number of likely N-dealkylation sites (N-methyl/N-ethyl adjacent to an activating group) is 1. The Hall–Kier alpha value is -1.66. The minimum Gasteiger partial charge on any atom is -0.507 e. The summed E-state index contributed by atoms with van der Waals surface area (Å²) in [5.41, 5.74) is -1.39. The van der Waals surface area contributed by atoms with Gasteiger partial charge >= 0.3 is 0 Å². The van der Waals surface area contributed by atoms with E-state index in [2.05, 4.69) is 0 Å². The van der Waals surface area contributed by atoms with Gasteiger partial charge in [0, 0.05) is 39.6 Å². The molecule has 1 aliphatic heterocycles. The van der Waals surface area contributed by atoms with E-state index in [9.17, 15) is 19.4 Å². The van der Waals surface area contributed by atoms with Crippen molar-refractivity contribution in [3.63, 3.8) is 0 Å². The highest BCUT2D eigenvalue weighted by Gasteiger charge is 2.33. The molecule has 1 aromatic rings. The van der Waals surface area contributed by atoms with Crippen molar-refractivity contribution in [1.29, 1.82) is 0 Å². The number of aromatic hydroxyl groups is 1. The smallest absolute Gasteiger partial charge is 0.260 e. The van der Waals surface area contributed by atoms with E-state index in [-0.39, 0.29) is 12.1 Å². The lowest BCUT2D eigenvalue weighted by molar-refractivity contribution is -0.0734. The van der Waals surface area contributed by atoms with Crippen LogP contribution in [0.15, 0.2) is 18.2 Å². The fourth-order valence-electron chi connectivity index (χ4n) is 2.34. The van der Waals surface area contributed by atoms with Crippen LogP contribution in [-0.2, 0) is 4.74 Å². The molecular weight excluding hydrogens is 265 g/mol. The van der Waals surface area contributed by atoms with Gasteiger partial charge in [0.25, 0.3) is 5.91 Å². The largest absolute Gasteiger partial charge is 0.507 e. The summed E-state index contributed by atoms with van der Waals surface area (Å²) in [5, 5.41) is 20.0. The zero-order chi connectivity index (χ0) is 14.8. The Morgan fingerprint density at radius 2 is 2.10 bits per heavy atom. The molecule has 1 aliphatic rings. The van der Waals surface area contributed by atoms with Gasteiger partial charge in [0.05, 0.1) is 5.60 Å². The summed E-state index contributed by atoms with van der Waals surface area (Å²) in [5.74, 6) is -1.83. The molecule has 110 valence electrons. The molecule has 0 aromatic heterocycles. The first-order valence-corrected chi connectivity index (χ1v) is 6.46. The van der Waals surface area contributed by atoms with E-state index in [1.54, 1.807) is 0 Å². The van der Waals surface area contributed by atoms with Crippen LogP contribution in [-0.4, -0.2) is 53.4 Å². The average Bonchev–Trinajstić information content (AvgIpc) is 2.38. The minimum atomic E-state index is -1.02. The molecule has 0 atom stereocenters. The van der Waals surface area contributed by atoms with Crippen molar-refractivity contribution in [2.24, 2.45) is 0 Å². The molecule has 20 heavy (non-hydrogen) atoms. The number of halogens is 1. The Labute approximate surface area is 116 Å². The number of ether oxygens (including phenoxy) is 1. The fraction of sp³-hybridized carbons (Fsp3) is 0.500. The molecule has 0 spiro atoms. The number of nitrogens with zero attached hydrogens (tertiary/aromatic N) is 1. The number of carbonyl (C=O) groups excluding carboxylic acids is 1. The predicted molar refractivity (Wildman–Crippen MR) is 70.0 cm³/mol. The van der Waals surface area contributed by atoms with Crippen molar-refractivity contribution in [1.82, 2.24) is 4.90 Å². The normalized spacial score (nSPS) is 17.8. The molecule has 0 unspecified atom stereocenters. The fourth-order valence-corrected chi connectivity index (χ4v) is 2.34. The van der Waals surface area contributed by atoms with Crippen molar-refractivity contribution in [3.8, 4) is 5.75 Å². The molecule has 1 heterocycles. The van der Waals surface area contributed by atoms with E-state index >= 15 is 0 Å². The topological polar surface area (TPSA) is 70.0 Å². The van der Waals surface area contributed by atoms with Gasteiger partial charge in [0.2, 0.25) is 0 Å². The third-order valence-electron chi connectivity index (χ3n) is 3.51. The maximum atomic E-state index is 13.6. The maximum absolute atomic E-state index is 13.6. The summed E-state index contributed by atoms with van der Waals surface area (Å²) in [6.45, 7) is 0.940. The molecule has 5 nitrogen and oxygen atoms in total. The van der Waals surface area contributed by atoms with Gasteiger partial charge in [-0.25, -0.2) is 4.39 Å². The van der Waals surface area contributed by atoms with E-state index < -0.39 is 23.1 Å². The Kier molecular flexibility index (Phi) is 4.25. The molecule has 0 radical (unpaired) electrons. The van der Waals surface area contributed by atoms with Crippen LogP contribution in [0, 0.1) is 5.82 Å². The van der Waals surface area contributed by atoms with Crippen molar-refractivity contribution in [3.05, 3.63) is 29.6 Å². The number of benzene rings is 1. The maximum Gasteiger partial charge on any atom is 0.260 e. The highest BCUT2D eigenvalue weighted by molar-refractivity contribution is 5.97.